The summed E-state index contributed by atoms with van der Waals surface area (Å²) in [4.78, 5) is 21.9. The van der Waals surface area contributed by atoms with Crippen LogP contribution >= 0.6 is 11.6 Å². The minimum Gasteiger partial charge on any atom is -0.466 e. The van der Waals surface area contributed by atoms with Gasteiger partial charge >= 0.3 is 5.97 Å². The van der Waals surface area contributed by atoms with Crippen LogP contribution in [0.25, 0.3) is 0 Å². The number of nitrogens with zero attached hydrogens (tertiary/aromatic N) is 1. The zero-order chi connectivity index (χ0) is 12.8. The van der Waals surface area contributed by atoms with Crippen LogP contribution in [0.5, 0.6) is 0 Å². The summed E-state index contributed by atoms with van der Waals surface area (Å²) < 4.78 is 4.78. The maximum Gasteiger partial charge on any atom is 0.310 e. The second kappa shape index (κ2) is 6.02. The summed E-state index contributed by atoms with van der Waals surface area (Å²) in [7, 11) is 0. The van der Waals surface area contributed by atoms with E-state index in [1.54, 1.807) is 6.92 Å². The van der Waals surface area contributed by atoms with Crippen molar-refractivity contribution in [3.05, 3.63) is 33.8 Å². The van der Waals surface area contributed by atoms with Crippen LogP contribution in [0, 0.1) is 11.3 Å². The molecule has 1 aromatic carbocycles. The number of carbonyl (C=O) groups excluding carboxylic acids is 2. The molecular formula is C12H10ClNO3. The van der Waals surface area contributed by atoms with Crippen molar-refractivity contribution in [3.63, 3.8) is 0 Å². The van der Waals surface area contributed by atoms with Gasteiger partial charge in [0.25, 0.3) is 0 Å². The molecule has 0 atom stereocenters. The first kappa shape index (κ1) is 13.2. The molecule has 0 saturated heterocycles. The summed E-state index contributed by atoms with van der Waals surface area (Å²) in [6.45, 7) is 1.98. The lowest BCUT2D eigenvalue weighted by Crippen LogP contribution is -2.09. The fraction of sp³-hybridized carbons (Fsp3) is 0.250. The quantitative estimate of drug-likeness (QED) is 0.607. The molecule has 0 N–H and O–H groups in total. The van der Waals surface area contributed by atoms with E-state index in [4.69, 9.17) is 21.6 Å². The van der Waals surface area contributed by atoms with Crippen molar-refractivity contribution in [3.8, 4) is 6.07 Å². The Morgan fingerprint density at radius 3 is 2.82 bits per heavy atom. The van der Waals surface area contributed by atoms with Crippen molar-refractivity contribution in [1.82, 2.24) is 0 Å². The van der Waals surface area contributed by atoms with Crippen LogP contribution < -0.4 is 0 Å². The molecule has 4 nitrogen and oxygen atoms in total. The summed E-state index contributed by atoms with van der Waals surface area (Å²) in [5.41, 5.74) is 0.835. The first-order chi connectivity index (χ1) is 8.13. The highest BCUT2D eigenvalue weighted by Crippen LogP contribution is 2.23. The van der Waals surface area contributed by atoms with E-state index in [-0.39, 0.29) is 29.2 Å². The van der Waals surface area contributed by atoms with Gasteiger partial charge in [0.1, 0.15) is 6.07 Å². The second-order valence-electron chi connectivity index (χ2n) is 3.21. The Kier molecular flexibility index (Phi) is 4.68. The van der Waals surface area contributed by atoms with Gasteiger partial charge in [-0.25, -0.2) is 0 Å². The summed E-state index contributed by atoms with van der Waals surface area (Å²) >= 11 is 5.87. The van der Waals surface area contributed by atoms with Gasteiger partial charge in [0.15, 0.2) is 6.29 Å². The maximum absolute atomic E-state index is 11.3. The van der Waals surface area contributed by atoms with E-state index in [2.05, 4.69) is 0 Å². The van der Waals surface area contributed by atoms with Crippen LogP contribution in [0.2, 0.25) is 5.02 Å². The number of rotatable bonds is 4. The Morgan fingerprint density at radius 2 is 2.29 bits per heavy atom. The number of benzene rings is 1. The monoisotopic (exact) mass is 251 g/mol. The van der Waals surface area contributed by atoms with Gasteiger partial charge < -0.3 is 4.74 Å². The number of nitriles is 1. The highest BCUT2D eigenvalue weighted by Gasteiger charge is 2.14. The minimum atomic E-state index is -0.432. The fourth-order valence-corrected chi connectivity index (χ4v) is 1.63. The predicted molar refractivity (Wildman–Crippen MR) is 61.9 cm³/mol. The van der Waals surface area contributed by atoms with Crippen molar-refractivity contribution >= 4 is 23.9 Å². The largest absolute Gasteiger partial charge is 0.466 e. The number of halogens is 1. The van der Waals surface area contributed by atoms with Crippen LogP contribution in [0.15, 0.2) is 12.1 Å². The van der Waals surface area contributed by atoms with E-state index in [0.717, 1.165) is 0 Å². The molecule has 0 spiro atoms. The van der Waals surface area contributed by atoms with Crippen molar-refractivity contribution < 1.29 is 14.3 Å². The minimum absolute atomic E-state index is 0.0322. The number of ether oxygens (including phenoxy) is 1. The van der Waals surface area contributed by atoms with Gasteiger partial charge in [-0.15, -0.1) is 0 Å². The zero-order valence-corrected chi connectivity index (χ0v) is 9.95. The van der Waals surface area contributed by atoms with Gasteiger partial charge in [-0.3, -0.25) is 9.59 Å². The SMILES string of the molecule is CCOC(=O)Cc1ccc(C=O)c(Cl)c1C#N. The first-order valence-electron chi connectivity index (χ1n) is 4.96. The van der Waals surface area contributed by atoms with Crippen LogP contribution in [0.4, 0.5) is 0 Å². The Labute approximate surface area is 104 Å². The molecule has 0 heterocycles. The summed E-state index contributed by atoms with van der Waals surface area (Å²) in [5.74, 6) is -0.432. The van der Waals surface area contributed by atoms with Crippen LogP contribution in [0.3, 0.4) is 0 Å². The smallest absolute Gasteiger partial charge is 0.310 e. The Hall–Kier alpha value is -1.86. The third kappa shape index (κ3) is 3.05. The van der Waals surface area contributed by atoms with Crippen LogP contribution in [-0.4, -0.2) is 18.9 Å². The van der Waals surface area contributed by atoms with Crippen molar-refractivity contribution in [2.75, 3.05) is 6.61 Å². The summed E-state index contributed by atoms with van der Waals surface area (Å²) in [5, 5.41) is 9.03. The number of hydrogen-bond donors (Lipinski definition) is 0. The second-order valence-corrected chi connectivity index (χ2v) is 3.59. The van der Waals surface area contributed by atoms with E-state index < -0.39 is 5.97 Å². The zero-order valence-electron chi connectivity index (χ0n) is 9.20. The molecule has 17 heavy (non-hydrogen) atoms. The van der Waals surface area contributed by atoms with Gasteiger partial charge in [-0.2, -0.15) is 5.26 Å². The molecule has 1 aromatic rings. The van der Waals surface area contributed by atoms with E-state index in [1.165, 1.54) is 12.1 Å². The number of carbonyl (C=O) groups is 2. The summed E-state index contributed by atoms with van der Waals surface area (Å²) in [6.07, 6.45) is 0.535. The van der Waals surface area contributed by atoms with E-state index >= 15 is 0 Å². The lowest BCUT2D eigenvalue weighted by atomic mass is 10.0. The molecule has 0 saturated carbocycles. The molecule has 1 rings (SSSR count). The average molecular weight is 252 g/mol. The third-order valence-corrected chi connectivity index (χ3v) is 2.54. The third-order valence-electron chi connectivity index (χ3n) is 2.14. The Bertz CT molecular complexity index is 491. The topological polar surface area (TPSA) is 67.2 Å². The number of hydrogen-bond acceptors (Lipinski definition) is 4. The van der Waals surface area contributed by atoms with Crippen molar-refractivity contribution in [2.24, 2.45) is 0 Å². The van der Waals surface area contributed by atoms with E-state index in [1.807, 2.05) is 6.07 Å². The van der Waals surface area contributed by atoms with Crippen LogP contribution in [0.1, 0.15) is 28.4 Å². The molecule has 0 radical (unpaired) electrons. The predicted octanol–water partition coefficient (Wildman–Crippen LogP) is 2.13. The van der Waals surface area contributed by atoms with Gasteiger partial charge in [-0.1, -0.05) is 17.7 Å². The molecule has 5 heteroatoms. The highest BCUT2D eigenvalue weighted by atomic mass is 35.5. The van der Waals surface area contributed by atoms with Gasteiger partial charge in [0.05, 0.1) is 23.6 Å². The number of esters is 1. The average Bonchev–Trinajstić information content (AvgIpc) is 2.30. The standard InChI is InChI=1S/C12H10ClNO3/c1-2-17-11(16)5-8-3-4-9(7-15)12(13)10(8)6-14/h3-4,7H,2,5H2,1H3. The number of aldehydes is 1. The highest BCUT2D eigenvalue weighted by molar-refractivity contribution is 6.34. The molecule has 88 valence electrons. The molecular weight excluding hydrogens is 242 g/mol. The van der Waals surface area contributed by atoms with Gasteiger partial charge in [-0.05, 0) is 18.6 Å². The van der Waals surface area contributed by atoms with Gasteiger partial charge in [0, 0.05) is 5.56 Å². The fourth-order valence-electron chi connectivity index (χ4n) is 1.36. The summed E-state index contributed by atoms with van der Waals surface area (Å²) in [6, 6.07) is 4.90. The van der Waals surface area contributed by atoms with Crippen molar-refractivity contribution in [2.45, 2.75) is 13.3 Å². The molecule has 0 amide bonds. The molecule has 0 bridgehead atoms. The first-order valence-corrected chi connectivity index (χ1v) is 5.34. The van der Waals surface area contributed by atoms with Gasteiger partial charge in [0.2, 0.25) is 0 Å². The van der Waals surface area contributed by atoms with E-state index in [9.17, 15) is 9.59 Å². The lowest BCUT2D eigenvalue weighted by molar-refractivity contribution is -0.142. The molecule has 0 aliphatic heterocycles. The molecule has 0 unspecified atom stereocenters. The van der Waals surface area contributed by atoms with Crippen molar-refractivity contribution in [1.29, 1.82) is 5.26 Å². The normalized spacial score (nSPS) is 9.47. The van der Waals surface area contributed by atoms with E-state index in [0.29, 0.717) is 11.8 Å². The maximum atomic E-state index is 11.3. The molecule has 0 fully saturated rings. The Balaban J connectivity index is 3.10. The molecule has 0 aliphatic rings. The lowest BCUT2D eigenvalue weighted by Gasteiger charge is -2.06. The Morgan fingerprint density at radius 1 is 1.59 bits per heavy atom. The van der Waals surface area contributed by atoms with Crippen LogP contribution in [-0.2, 0) is 16.0 Å². The molecule has 0 aliphatic carbocycles. The molecule has 0 aromatic heterocycles.